The summed E-state index contributed by atoms with van der Waals surface area (Å²) in [7, 11) is 0. The molecule has 2 aromatic carbocycles. The number of amides is 3. The minimum atomic E-state index is -0.442. The van der Waals surface area contributed by atoms with E-state index in [0.29, 0.717) is 29.9 Å². The summed E-state index contributed by atoms with van der Waals surface area (Å²) in [6, 6.07) is 10.4. The molecule has 8 nitrogen and oxygen atoms in total. The van der Waals surface area contributed by atoms with E-state index >= 15 is 0 Å². The number of rotatable bonds is 6. The van der Waals surface area contributed by atoms with Gasteiger partial charge in [-0.25, -0.2) is 13.9 Å². The lowest BCUT2D eigenvalue weighted by Gasteiger charge is -2.09. The third kappa shape index (κ3) is 4.81. The van der Waals surface area contributed by atoms with Crippen LogP contribution in [0.3, 0.4) is 0 Å². The van der Waals surface area contributed by atoms with Gasteiger partial charge in [0, 0.05) is 23.8 Å². The molecule has 0 aliphatic carbocycles. The van der Waals surface area contributed by atoms with E-state index in [0.717, 1.165) is 5.52 Å². The van der Waals surface area contributed by atoms with Crippen molar-refractivity contribution < 1.29 is 14.0 Å². The third-order valence-electron chi connectivity index (χ3n) is 3.89. The van der Waals surface area contributed by atoms with Crippen molar-refractivity contribution in [1.82, 2.24) is 25.6 Å². The molecular formula is C19H21FN6O2. The topological polar surface area (TPSA) is 101 Å². The Morgan fingerprint density at radius 1 is 1.18 bits per heavy atom. The molecule has 1 aromatic heterocycles. The number of halogens is 1. The van der Waals surface area contributed by atoms with Crippen molar-refractivity contribution in [2.75, 3.05) is 11.9 Å². The molecule has 3 aromatic rings. The fourth-order valence-electron chi connectivity index (χ4n) is 2.64. The fraction of sp³-hybridized carbons (Fsp3) is 0.263. The molecule has 0 aliphatic rings. The summed E-state index contributed by atoms with van der Waals surface area (Å²) in [5, 5.41) is 16.2. The van der Waals surface area contributed by atoms with Crippen molar-refractivity contribution in [3.63, 3.8) is 0 Å². The molecule has 0 aliphatic heterocycles. The Morgan fingerprint density at radius 2 is 2.00 bits per heavy atom. The summed E-state index contributed by atoms with van der Waals surface area (Å²) in [5.74, 6) is -0.588. The van der Waals surface area contributed by atoms with Crippen LogP contribution in [0.25, 0.3) is 11.0 Å². The molecule has 0 spiro atoms. The molecule has 0 saturated heterocycles. The number of anilines is 1. The van der Waals surface area contributed by atoms with Gasteiger partial charge < -0.3 is 16.0 Å². The smallest absolute Gasteiger partial charge is 0.319 e. The van der Waals surface area contributed by atoms with Crippen molar-refractivity contribution in [3.05, 3.63) is 53.8 Å². The van der Waals surface area contributed by atoms with Crippen molar-refractivity contribution in [1.29, 1.82) is 0 Å². The molecule has 0 radical (unpaired) electrons. The Bertz CT molecular complexity index is 1000. The average Bonchev–Trinajstić information content (AvgIpc) is 3.03. The number of benzene rings is 2. The second kappa shape index (κ2) is 8.47. The van der Waals surface area contributed by atoms with Gasteiger partial charge in [-0.15, -0.1) is 5.10 Å². The number of hydrogen-bond acceptors (Lipinski definition) is 4. The lowest BCUT2D eigenvalue weighted by molar-refractivity contribution is 0.0943. The van der Waals surface area contributed by atoms with E-state index in [9.17, 15) is 14.0 Å². The second-order valence-electron chi connectivity index (χ2n) is 6.54. The van der Waals surface area contributed by atoms with E-state index in [1.807, 2.05) is 13.8 Å². The van der Waals surface area contributed by atoms with Gasteiger partial charge in [-0.2, -0.15) is 0 Å². The lowest BCUT2D eigenvalue weighted by Crippen LogP contribution is -2.31. The predicted octanol–water partition coefficient (Wildman–Crippen LogP) is 2.53. The van der Waals surface area contributed by atoms with Crippen LogP contribution in [0.2, 0.25) is 0 Å². The maximum absolute atomic E-state index is 13.1. The number of carbonyl (C=O) groups excluding carboxylic acids is 2. The van der Waals surface area contributed by atoms with Gasteiger partial charge >= 0.3 is 6.03 Å². The Balaban J connectivity index is 1.57. The van der Waals surface area contributed by atoms with Crippen molar-refractivity contribution in [2.24, 2.45) is 0 Å². The number of urea groups is 1. The van der Waals surface area contributed by atoms with Crippen molar-refractivity contribution in [3.8, 4) is 0 Å². The van der Waals surface area contributed by atoms with E-state index in [4.69, 9.17) is 0 Å². The minimum Gasteiger partial charge on any atom is -0.350 e. The number of fused-ring (bicyclic) bond motifs is 1. The third-order valence-corrected chi connectivity index (χ3v) is 3.89. The van der Waals surface area contributed by atoms with E-state index in [1.165, 1.54) is 18.2 Å². The summed E-state index contributed by atoms with van der Waals surface area (Å²) in [6.45, 7) is 4.48. The van der Waals surface area contributed by atoms with Crippen molar-refractivity contribution in [2.45, 2.75) is 26.4 Å². The van der Waals surface area contributed by atoms with E-state index in [-0.39, 0.29) is 11.9 Å². The highest BCUT2D eigenvalue weighted by Gasteiger charge is 2.11. The summed E-state index contributed by atoms with van der Waals surface area (Å²) in [4.78, 5) is 24.0. The quantitative estimate of drug-likeness (QED) is 0.608. The molecule has 0 saturated carbocycles. The van der Waals surface area contributed by atoms with E-state index in [1.54, 1.807) is 28.9 Å². The molecule has 3 amide bonds. The number of aromatic nitrogens is 3. The van der Waals surface area contributed by atoms with Gasteiger partial charge in [0.15, 0.2) is 0 Å². The highest BCUT2D eigenvalue weighted by atomic mass is 19.1. The van der Waals surface area contributed by atoms with Gasteiger partial charge in [-0.3, -0.25) is 4.79 Å². The Kier molecular flexibility index (Phi) is 5.83. The van der Waals surface area contributed by atoms with E-state index in [2.05, 4.69) is 26.3 Å². The first-order valence-electron chi connectivity index (χ1n) is 8.87. The zero-order valence-electron chi connectivity index (χ0n) is 15.6. The monoisotopic (exact) mass is 384 g/mol. The van der Waals surface area contributed by atoms with Crippen LogP contribution in [0, 0.1) is 5.82 Å². The fourth-order valence-corrected chi connectivity index (χ4v) is 2.64. The maximum atomic E-state index is 13.1. The molecule has 3 rings (SSSR count). The maximum Gasteiger partial charge on any atom is 0.319 e. The SMILES string of the molecule is CC(C)NC(=O)c1ccc2c(c1)nnn2CCNC(=O)Nc1cccc(F)c1. The van der Waals surface area contributed by atoms with Crippen LogP contribution in [0.5, 0.6) is 0 Å². The highest BCUT2D eigenvalue weighted by molar-refractivity contribution is 5.97. The van der Waals surface area contributed by atoms with Crippen LogP contribution in [0.15, 0.2) is 42.5 Å². The predicted molar refractivity (Wildman–Crippen MR) is 104 cm³/mol. The molecule has 28 heavy (non-hydrogen) atoms. The van der Waals surface area contributed by atoms with Gasteiger partial charge in [0.2, 0.25) is 0 Å². The molecule has 9 heteroatoms. The number of nitrogens with one attached hydrogen (secondary N) is 3. The second-order valence-corrected chi connectivity index (χ2v) is 6.54. The molecular weight excluding hydrogens is 363 g/mol. The first-order chi connectivity index (χ1) is 13.4. The van der Waals surface area contributed by atoms with Crippen LogP contribution in [-0.2, 0) is 6.54 Å². The van der Waals surface area contributed by atoms with Crippen LogP contribution < -0.4 is 16.0 Å². The molecule has 1 heterocycles. The lowest BCUT2D eigenvalue weighted by atomic mass is 10.2. The molecule has 0 unspecified atom stereocenters. The molecule has 146 valence electrons. The Hall–Kier alpha value is -3.49. The Labute approximate surface area is 161 Å². The van der Waals surface area contributed by atoms with Gasteiger partial charge in [0.25, 0.3) is 5.91 Å². The molecule has 0 fully saturated rings. The summed E-state index contributed by atoms with van der Waals surface area (Å²) in [6.07, 6.45) is 0. The van der Waals surface area contributed by atoms with Crippen LogP contribution >= 0.6 is 0 Å². The van der Waals surface area contributed by atoms with E-state index < -0.39 is 11.8 Å². The van der Waals surface area contributed by atoms with Gasteiger partial charge in [0.1, 0.15) is 11.3 Å². The largest absolute Gasteiger partial charge is 0.350 e. The summed E-state index contributed by atoms with van der Waals surface area (Å²) >= 11 is 0. The first-order valence-corrected chi connectivity index (χ1v) is 8.87. The van der Waals surface area contributed by atoms with Gasteiger partial charge in [-0.05, 0) is 50.2 Å². The molecule has 0 atom stereocenters. The normalized spacial score (nSPS) is 10.9. The van der Waals surface area contributed by atoms with Gasteiger partial charge in [0.05, 0.1) is 12.1 Å². The Morgan fingerprint density at radius 3 is 2.75 bits per heavy atom. The zero-order valence-corrected chi connectivity index (χ0v) is 15.6. The first kappa shape index (κ1) is 19.3. The number of carbonyl (C=O) groups is 2. The molecule has 3 N–H and O–H groups in total. The van der Waals surface area contributed by atoms with Crippen molar-refractivity contribution >= 4 is 28.7 Å². The zero-order chi connectivity index (χ0) is 20.1. The van der Waals surface area contributed by atoms with Gasteiger partial charge in [-0.1, -0.05) is 11.3 Å². The van der Waals surface area contributed by atoms with Crippen LogP contribution in [0.4, 0.5) is 14.9 Å². The molecule has 0 bridgehead atoms. The minimum absolute atomic E-state index is 0.0449. The number of hydrogen-bond donors (Lipinski definition) is 3. The summed E-state index contributed by atoms with van der Waals surface area (Å²) in [5.41, 5.74) is 2.24. The average molecular weight is 384 g/mol. The van der Waals surface area contributed by atoms with Crippen LogP contribution in [0.1, 0.15) is 24.2 Å². The number of nitrogens with zero attached hydrogens (tertiary/aromatic N) is 3. The van der Waals surface area contributed by atoms with Crippen LogP contribution in [-0.4, -0.2) is 39.5 Å². The summed E-state index contributed by atoms with van der Waals surface area (Å²) < 4.78 is 14.8. The highest BCUT2D eigenvalue weighted by Crippen LogP contribution is 2.14. The standard InChI is InChI=1S/C19H21FN6O2/c1-12(2)22-18(27)13-6-7-17-16(10-13)24-25-26(17)9-8-21-19(28)23-15-5-3-4-14(20)11-15/h3-7,10-12H,8-9H2,1-2H3,(H,22,27)(H2,21,23,28).